The van der Waals surface area contributed by atoms with Gasteiger partial charge in [-0.05, 0) is 24.8 Å². The molecule has 0 unspecified atom stereocenters. The molecule has 0 radical (unpaired) electrons. The van der Waals surface area contributed by atoms with Crippen molar-refractivity contribution in [2.75, 3.05) is 19.6 Å². The normalized spacial score (nSPS) is 11.1. The van der Waals surface area contributed by atoms with Gasteiger partial charge < -0.3 is 16.4 Å². The second kappa shape index (κ2) is 8.06. The molecule has 0 saturated carbocycles. The number of rotatable bonds is 7. The number of carbonyl (C=O) groups excluding carboxylic acids is 2. The van der Waals surface area contributed by atoms with Crippen LogP contribution in [0.5, 0.6) is 0 Å². The second-order valence-corrected chi connectivity index (χ2v) is 5.36. The molecular formula is C12H25N3O2. The highest BCUT2D eigenvalue weighted by Gasteiger charge is 2.16. The smallest absolute Gasteiger partial charge is 0.239 e. The Morgan fingerprint density at radius 1 is 1.06 bits per heavy atom. The molecule has 0 saturated heterocycles. The van der Waals surface area contributed by atoms with Crippen LogP contribution >= 0.6 is 0 Å². The van der Waals surface area contributed by atoms with Crippen molar-refractivity contribution in [3.63, 3.8) is 0 Å². The number of carbonyl (C=O) groups is 2. The van der Waals surface area contributed by atoms with Gasteiger partial charge in [0.1, 0.15) is 0 Å². The van der Waals surface area contributed by atoms with Gasteiger partial charge in [0, 0.05) is 13.0 Å². The van der Waals surface area contributed by atoms with Gasteiger partial charge in [-0.15, -0.1) is 0 Å². The van der Waals surface area contributed by atoms with Gasteiger partial charge in [0.25, 0.3) is 0 Å². The first-order valence-corrected chi connectivity index (χ1v) is 6.08. The molecule has 0 bridgehead atoms. The average molecular weight is 243 g/mol. The fraction of sp³-hybridized carbons (Fsp3) is 0.833. The third-order valence-electron chi connectivity index (χ3n) is 2.09. The maximum Gasteiger partial charge on any atom is 0.239 e. The predicted octanol–water partition coefficient (Wildman–Crippen LogP) is 0.394. The van der Waals surface area contributed by atoms with Crippen molar-refractivity contribution in [1.82, 2.24) is 10.6 Å². The Morgan fingerprint density at radius 2 is 1.71 bits per heavy atom. The lowest BCUT2D eigenvalue weighted by atomic mass is 9.92. The molecule has 0 atom stereocenters. The topological polar surface area (TPSA) is 84.2 Å². The molecule has 4 N–H and O–H groups in total. The third kappa shape index (κ3) is 11.2. The van der Waals surface area contributed by atoms with Gasteiger partial charge in [-0.1, -0.05) is 20.8 Å². The lowest BCUT2D eigenvalue weighted by Gasteiger charge is -2.17. The highest BCUT2D eigenvalue weighted by molar-refractivity contribution is 5.84. The fourth-order valence-electron chi connectivity index (χ4n) is 1.28. The molecule has 0 aliphatic heterocycles. The van der Waals surface area contributed by atoms with Crippen LogP contribution < -0.4 is 16.4 Å². The van der Waals surface area contributed by atoms with Crippen LogP contribution in [0.25, 0.3) is 0 Å². The summed E-state index contributed by atoms with van der Waals surface area (Å²) in [7, 11) is 0. The van der Waals surface area contributed by atoms with Gasteiger partial charge >= 0.3 is 0 Å². The standard InChI is InChI=1S/C12H25N3O2/c1-12(2,3)8-10(16)15-9-11(17)14-7-5-4-6-13/h4-9,13H2,1-3H3,(H,14,17)(H,15,16). The third-order valence-corrected chi connectivity index (χ3v) is 2.09. The number of hydrogen-bond donors (Lipinski definition) is 3. The molecule has 17 heavy (non-hydrogen) atoms. The van der Waals surface area contributed by atoms with E-state index in [-0.39, 0.29) is 23.8 Å². The molecule has 0 aromatic rings. The molecule has 0 aromatic heterocycles. The quantitative estimate of drug-likeness (QED) is 0.566. The van der Waals surface area contributed by atoms with Gasteiger partial charge in [-0.3, -0.25) is 9.59 Å². The van der Waals surface area contributed by atoms with Crippen molar-refractivity contribution in [3.8, 4) is 0 Å². The molecule has 0 rings (SSSR count). The van der Waals surface area contributed by atoms with Crippen LogP contribution in [0, 0.1) is 5.41 Å². The molecular weight excluding hydrogens is 218 g/mol. The van der Waals surface area contributed by atoms with Crippen LogP contribution in [-0.2, 0) is 9.59 Å². The Morgan fingerprint density at radius 3 is 2.24 bits per heavy atom. The van der Waals surface area contributed by atoms with E-state index in [0.29, 0.717) is 19.5 Å². The highest BCUT2D eigenvalue weighted by atomic mass is 16.2. The molecule has 100 valence electrons. The summed E-state index contributed by atoms with van der Waals surface area (Å²) in [4.78, 5) is 22.8. The minimum Gasteiger partial charge on any atom is -0.355 e. The van der Waals surface area contributed by atoms with Crippen LogP contribution in [0.1, 0.15) is 40.0 Å². The zero-order valence-corrected chi connectivity index (χ0v) is 11.1. The van der Waals surface area contributed by atoms with Crippen LogP contribution in [0.3, 0.4) is 0 Å². The molecule has 0 fully saturated rings. The maximum absolute atomic E-state index is 11.4. The Bertz CT molecular complexity index is 247. The molecule has 5 nitrogen and oxygen atoms in total. The first-order valence-electron chi connectivity index (χ1n) is 6.08. The molecule has 5 heteroatoms. The summed E-state index contributed by atoms with van der Waals surface area (Å²) < 4.78 is 0. The van der Waals surface area contributed by atoms with Crippen molar-refractivity contribution in [3.05, 3.63) is 0 Å². The van der Waals surface area contributed by atoms with E-state index in [1.807, 2.05) is 20.8 Å². The van der Waals surface area contributed by atoms with Crippen molar-refractivity contribution < 1.29 is 9.59 Å². The summed E-state index contributed by atoms with van der Waals surface area (Å²) >= 11 is 0. The van der Waals surface area contributed by atoms with Gasteiger partial charge in [0.05, 0.1) is 6.54 Å². The van der Waals surface area contributed by atoms with Crippen molar-refractivity contribution >= 4 is 11.8 Å². The monoisotopic (exact) mass is 243 g/mol. The SMILES string of the molecule is CC(C)(C)CC(=O)NCC(=O)NCCCCN. The van der Waals surface area contributed by atoms with Gasteiger partial charge in [0.15, 0.2) is 0 Å². The Labute approximate surface area is 104 Å². The summed E-state index contributed by atoms with van der Waals surface area (Å²) in [6, 6.07) is 0. The lowest BCUT2D eigenvalue weighted by molar-refractivity contribution is -0.127. The second-order valence-electron chi connectivity index (χ2n) is 5.36. The fourth-order valence-corrected chi connectivity index (χ4v) is 1.28. The van der Waals surface area contributed by atoms with E-state index in [1.54, 1.807) is 0 Å². The average Bonchev–Trinajstić information content (AvgIpc) is 2.19. The van der Waals surface area contributed by atoms with Crippen molar-refractivity contribution in [2.45, 2.75) is 40.0 Å². The predicted molar refractivity (Wildman–Crippen MR) is 68.4 cm³/mol. The minimum atomic E-state index is -0.149. The van der Waals surface area contributed by atoms with E-state index in [9.17, 15) is 9.59 Å². The summed E-state index contributed by atoms with van der Waals surface area (Å²) in [5, 5.41) is 5.33. The van der Waals surface area contributed by atoms with Crippen LogP contribution in [0.4, 0.5) is 0 Å². The van der Waals surface area contributed by atoms with E-state index in [0.717, 1.165) is 12.8 Å². The summed E-state index contributed by atoms with van der Waals surface area (Å²) in [5.74, 6) is -0.237. The highest BCUT2D eigenvalue weighted by Crippen LogP contribution is 2.17. The summed E-state index contributed by atoms with van der Waals surface area (Å²) in [5.41, 5.74) is 5.28. The lowest BCUT2D eigenvalue weighted by Crippen LogP contribution is -2.38. The largest absolute Gasteiger partial charge is 0.355 e. The molecule has 0 aromatic carbocycles. The van der Waals surface area contributed by atoms with Gasteiger partial charge in [0.2, 0.25) is 11.8 Å². The molecule has 2 amide bonds. The van der Waals surface area contributed by atoms with Crippen LogP contribution in [-0.4, -0.2) is 31.4 Å². The van der Waals surface area contributed by atoms with E-state index < -0.39 is 0 Å². The van der Waals surface area contributed by atoms with E-state index in [4.69, 9.17) is 5.73 Å². The van der Waals surface area contributed by atoms with E-state index in [2.05, 4.69) is 10.6 Å². The number of nitrogens with two attached hydrogens (primary N) is 1. The van der Waals surface area contributed by atoms with E-state index in [1.165, 1.54) is 0 Å². The number of unbranched alkanes of at least 4 members (excludes halogenated alkanes) is 1. The number of amides is 2. The molecule has 0 aliphatic carbocycles. The van der Waals surface area contributed by atoms with Crippen LogP contribution in [0.15, 0.2) is 0 Å². The van der Waals surface area contributed by atoms with Gasteiger partial charge in [-0.2, -0.15) is 0 Å². The summed E-state index contributed by atoms with van der Waals surface area (Å²) in [6.07, 6.45) is 2.20. The zero-order chi connectivity index (χ0) is 13.3. The Hall–Kier alpha value is -1.10. The Balaban J connectivity index is 3.59. The van der Waals surface area contributed by atoms with Crippen LogP contribution in [0.2, 0.25) is 0 Å². The molecule has 0 heterocycles. The van der Waals surface area contributed by atoms with Crippen molar-refractivity contribution in [2.24, 2.45) is 11.1 Å². The maximum atomic E-state index is 11.4. The summed E-state index contributed by atoms with van der Waals surface area (Å²) in [6.45, 7) is 7.26. The van der Waals surface area contributed by atoms with E-state index >= 15 is 0 Å². The van der Waals surface area contributed by atoms with Crippen molar-refractivity contribution in [1.29, 1.82) is 0 Å². The number of hydrogen-bond acceptors (Lipinski definition) is 3. The minimum absolute atomic E-state index is 0.0531. The molecule has 0 aliphatic rings. The first-order chi connectivity index (χ1) is 7.85. The Kier molecular flexibility index (Phi) is 7.54. The molecule has 0 spiro atoms. The first kappa shape index (κ1) is 15.9. The van der Waals surface area contributed by atoms with Gasteiger partial charge in [-0.25, -0.2) is 0 Å². The zero-order valence-electron chi connectivity index (χ0n) is 11.1. The number of nitrogens with one attached hydrogen (secondary N) is 2.